The Morgan fingerprint density at radius 1 is 1.12 bits per heavy atom. The molecular formula is C14H25N3. The standard InChI is InChI=1S/C12H19N3.C2H6/c1-14-11-2-4-12(5-3-11)15-8-6-10(13)7-9-15;1-2/h2-5,10,14H,6-9,13H2,1H3;1-2H3. The highest BCUT2D eigenvalue weighted by Gasteiger charge is 2.15. The van der Waals surface area contributed by atoms with Crippen molar-refractivity contribution >= 4 is 11.4 Å². The lowest BCUT2D eigenvalue weighted by Crippen LogP contribution is -2.39. The normalized spacial score (nSPS) is 16.1. The Labute approximate surface area is 105 Å². The van der Waals surface area contributed by atoms with Gasteiger partial charge in [-0.05, 0) is 37.1 Å². The van der Waals surface area contributed by atoms with Crippen molar-refractivity contribution in [3.05, 3.63) is 24.3 Å². The van der Waals surface area contributed by atoms with Crippen LogP contribution in [0.15, 0.2) is 24.3 Å². The summed E-state index contributed by atoms with van der Waals surface area (Å²) in [4.78, 5) is 2.41. The van der Waals surface area contributed by atoms with Crippen molar-refractivity contribution in [3.63, 3.8) is 0 Å². The van der Waals surface area contributed by atoms with Crippen LogP contribution in [0.3, 0.4) is 0 Å². The summed E-state index contributed by atoms with van der Waals surface area (Å²) in [7, 11) is 1.94. The third-order valence-electron chi connectivity index (χ3n) is 3.06. The van der Waals surface area contributed by atoms with E-state index in [4.69, 9.17) is 5.73 Å². The molecule has 1 heterocycles. The summed E-state index contributed by atoms with van der Waals surface area (Å²) in [6.45, 7) is 6.17. The fourth-order valence-electron chi connectivity index (χ4n) is 2.00. The summed E-state index contributed by atoms with van der Waals surface area (Å²) in [5, 5.41) is 3.13. The van der Waals surface area contributed by atoms with E-state index in [1.165, 1.54) is 5.69 Å². The predicted octanol–water partition coefficient (Wildman–Crippen LogP) is 2.68. The van der Waals surface area contributed by atoms with E-state index in [-0.39, 0.29) is 0 Å². The lowest BCUT2D eigenvalue weighted by Gasteiger charge is -2.32. The van der Waals surface area contributed by atoms with Gasteiger partial charge in [0.05, 0.1) is 0 Å². The van der Waals surface area contributed by atoms with Crippen LogP contribution >= 0.6 is 0 Å². The van der Waals surface area contributed by atoms with Crippen LogP contribution in [0, 0.1) is 0 Å². The van der Waals surface area contributed by atoms with Gasteiger partial charge in [-0.3, -0.25) is 0 Å². The second-order valence-corrected chi connectivity index (χ2v) is 4.12. The fraction of sp³-hybridized carbons (Fsp3) is 0.571. The smallest absolute Gasteiger partial charge is 0.0367 e. The zero-order valence-electron chi connectivity index (χ0n) is 11.2. The molecule has 0 bridgehead atoms. The summed E-state index contributed by atoms with van der Waals surface area (Å²) >= 11 is 0. The van der Waals surface area contributed by atoms with Gasteiger partial charge in [-0.15, -0.1) is 0 Å². The van der Waals surface area contributed by atoms with E-state index in [9.17, 15) is 0 Å². The number of nitrogens with zero attached hydrogens (tertiary/aromatic N) is 1. The van der Waals surface area contributed by atoms with E-state index < -0.39 is 0 Å². The molecule has 3 heteroatoms. The first-order chi connectivity index (χ1) is 8.29. The van der Waals surface area contributed by atoms with E-state index in [1.807, 2.05) is 20.9 Å². The Balaban J connectivity index is 0.000000686. The molecule has 96 valence electrons. The van der Waals surface area contributed by atoms with Crippen LogP contribution in [-0.2, 0) is 0 Å². The molecule has 0 amide bonds. The molecule has 17 heavy (non-hydrogen) atoms. The number of piperidine rings is 1. The minimum atomic E-state index is 0.401. The number of hydrogen-bond acceptors (Lipinski definition) is 3. The monoisotopic (exact) mass is 235 g/mol. The molecule has 2 rings (SSSR count). The zero-order chi connectivity index (χ0) is 12.7. The molecule has 0 radical (unpaired) electrons. The summed E-state index contributed by atoms with van der Waals surface area (Å²) in [6.07, 6.45) is 2.21. The molecule has 3 nitrogen and oxygen atoms in total. The van der Waals surface area contributed by atoms with Gasteiger partial charge in [-0.1, -0.05) is 13.8 Å². The van der Waals surface area contributed by atoms with E-state index >= 15 is 0 Å². The summed E-state index contributed by atoms with van der Waals surface area (Å²) < 4.78 is 0. The van der Waals surface area contributed by atoms with Crippen LogP contribution in [0.1, 0.15) is 26.7 Å². The number of anilines is 2. The van der Waals surface area contributed by atoms with Crippen LogP contribution < -0.4 is 16.0 Å². The molecule has 0 unspecified atom stereocenters. The minimum Gasteiger partial charge on any atom is -0.388 e. The predicted molar refractivity (Wildman–Crippen MR) is 76.8 cm³/mol. The van der Waals surface area contributed by atoms with Gasteiger partial charge in [0.2, 0.25) is 0 Å². The SMILES string of the molecule is CC.CNc1ccc(N2CCC(N)CC2)cc1. The second-order valence-electron chi connectivity index (χ2n) is 4.12. The van der Waals surface area contributed by atoms with Crippen molar-refractivity contribution in [1.29, 1.82) is 0 Å². The van der Waals surface area contributed by atoms with Gasteiger partial charge >= 0.3 is 0 Å². The molecule has 1 fully saturated rings. The van der Waals surface area contributed by atoms with Gasteiger partial charge in [-0.2, -0.15) is 0 Å². The average molecular weight is 235 g/mol. The largest absolute Gasteiger partial charge is 0.388 e. The van der Waals surface area contributed by atoms with Crippen LogP contribution in [0.2, 0.25) is 0 Å². The molecule has 3 N–H and O–H groups in total. The van der Waals surface area contributed by atoms with Crippen molar-refractivity contribution < 1.29 is 0 Å². The highest BCUT2D eigenvalue weighted by Crippen LogP contribution is 2.21. The summed E-state index contributed by atoms with van der Waals surface area (Å²) in [5.74, 6) is 0. The number of hydrogen-bond donors (Lipinski definition) is 2. The van der Waals surface area contributed by atoms with E-state index in [2.05, 4.69) is 34.5 Å². The van der Waals surface area contributed by atoms with Gasteiger partial charge in [0, 0.05) is 37.6 Å². The zero-order valence-corrected chi connectivity index (χ0v) is 11.2. The molecule has 1 aliphatic rings. The van der Waals surface area contributed by atoms with Crippen LogP contribution in [0.5, 0.6) is 0 Å². The maximum absolute atomic E-state index is 5.88. The first-order valence-electron chi connectivity index (χ1n) is 6.58. The Bertz CT molecular complexity index is 300. The molecule has 0 spiro atoms. The molecule has 0 aliphatic carbocycles. The molecule has 0 saturated carbocycles. The average Bonchev–Trinajstić information content (AvgIpc) is 2.42. The number of nitrogens with one attached hydrogen (secondary N) is 1. The third-order valence-corrected chi connectivity index (χ3v) is 3.06. The Hall–Kier alpha value is -1.22. The van der Waals surface area contributed by atoms with Crippen molar-refractivity contribution in [2.45, 2.75) is 32.7 Å². The summed E-state index contributed by atoms with van der Waals surface area (Å²) in [5.41, 5.74) is 8.35. The lowest BCUT2D eigenvalue weighted by molar-refractivity contribution is 0.501. The Kier molecular flexibility index (Phi) is 5.84. The summed E-state index contributed by atoms with van der Waals surface area (Å²) in [6, 6.07) is 8.97. The lowest BCUT2D eigenvalue weighted by atomic mass is 10.1. The topological polar surface area (TPSA) is 41.3 Å². The first-order valence-corrected chi connectivity index (χ1v) is 6.58. The Morgan fingerprint density at radius 3 is 2.12 bits per heavy atom. The molecule has 0 atom stereocenters. The minimum absolute atomic E-state index is 0.401. The molecule has 1 saturated heterocycles. The van der Waals surface area contributed by atoms with Gasteiger partial charge in [-0.25, -0.2) is 0 Å². The van der Waals surface area contributed by atoms with Crippen molar-refractivity contribution in [3.8, 4) is 0 Å². The second kappa shape index (κ2) is 7.17. The molecular weight excluding hydrogens is 210 g/mol. The van der Waals surface area contributed by atoms with Crippen LogP contribution in [0.25, 0.3) is 0 Å². The molecule has 1 aliphatic heterocycles. The van der Waals surface area contributed by atoms with Crippen molar-refractivity contribution in [1.82, 2.24) is 0 Å². The highest BCUT2D eigenvalue weighted by atomic mass is 15.1. The maximum atomic E-state index is 5.88. The molecule has 1 aromatic rings. The quantitative estimate of drug-likeness (QED) is 0.828. The first kappa shape index (κ1) is 13.8. The molecule has 0 aromatic heterocycles. The Morgan fingerprint density at radius 2 is 1.65 bits per heavy atom. The number of benzene rings is 1. The third kappa shape index (κ3) is 3.93. The number of nitrogens with two attached hydrogens (primary N) is 1. The van der Waals surface area contributed by atoms with Gasteiger partial charge in [0.1, 0.15) is 0 Å². The fourth-order valence-corrected chi connectivity index (χ4v) is 2.00. The number of rotatable bonds is 2. The maximum Gasteiger partial charge on any atom is 0.0367 e. The molecule has 1 aromatic carbocycles. The van der Waals surface area contributed by atoms with Crippen LogP contribution in [-0.4, -0.2) is 26.2 Å². The van der Waals surface area contributed by atoms with E-state index in [0.29, 0.717) is 6.04 Å². The van der Waals surface area contributed by atoms with E-state index in [1.54, 1.807) is 0 Å². The van der Waals surface area contributed by atoms with Gasteiger partial charge in [0.25, 0.3) is 0 Å². The highest BCUT2D eigenvalue weighted by molar-refractivity contribution is 5.55. The van der Waals surface area contributed by atoms with Crippen molar-refractivity contribution in [2.75, 3.05) is 30.4 Å². The van der Waals surface area contributed by atoms with Crippen molar-refractivity contribution in [2.24, 2.45) is 5.73 Å². The van der Waals surface area contributed by atoms with Gasteiger partial charge in [0.15, 0.2) is 0 Å². The van der Waals surface area contributed by atoms with Crippen LogP contribution in [0.4, 0.5) is 11.4 Å². The van der Waals surface area contributed by atoms with Gasteiger partial charge < -0.3 is 16.0 Å². The van der Waals surface area contributed by atoms with E-state index in [0.717, 1.165) is 31.6 Å².